The van der Waals surface area contributed by atoms with Gasteiger partial charge >= 0.3 is 0 Å². The maximum atomic E-state index is 10.5. The SMILES string of the molecule is CC.N#CC1(N)CCCCC1.O=C1CCCCC1. The second-order valence-corrected chi connectivity index (χ2v) is 4.93. The van der Waals surface area contributed by atoms with Crippen LogP contribution in [0.3, 0.4) is 0 Å². The van der Waals surface area contributed by atoms with Gasteiger partial charge < -0.3 is 5.73 Å². The summed E-state index contributed by atoms with van der Waals surface area (Å²) in [5, 5.41) is 8.58. The van der Waals surface area contributed by atoms with Gasteiger partial charge in [0, 0.05) is 12.8 Å². The molecule has 2 saturated carbocycles. The van der Waals surface area contributed by atoms with Gasteiger partial charge in [-0.2, -0.15) is 5.26 Å². The van der Waals surface area contributed by atoms with Crippen LogP contribution in [0, 0.1) is 11.3 Å². The Kier molecular flexibility index (Phi) is 9.59. The van der Waals surface area contributed by atoms with Crippen molar-refractivity contribution in [2.75, 3.05) is 0 Å². The number of nitriles is 1. The first-order chi connectivity index (χ1) is 8.66. The minimum absolute atomic E-state index is 0.464. The standard InChI is InChI=1S/C7H12N2.C6H10O.C2H6/c8-6-7(9)4-2-1-3-5-7;7-6-4-2-1-3-5-6;1-2/h1-5,9H2;1-5H2;1-2H3. The molecule has 0 bridgehead atoms. The zero-order valence-corrected chi connectivity index (χ0v) is 12.0. The zero-order chi connectivity index (χ0) is 13.9. The normalized spacial score (nSPS) is 21.6. The number of carbonyl (C=O) groups is 1. The number of Topliss-reactive ketones (excluding diaryl/α,β-unsaturated/α-hetero) is 1. The van der Waals surface area contributed by atoms with Gasteiger partial charge in [-0.1, -0.05) is 39.5 Å². The van der Waals surface area contributed by atoms with Crippen molar-refractivity contribution >= 4 is 5.78 Å². The minimum atomic E-state index is -0.474. The fourth-order valence-electron chi connectivity index (χ4n) is 2.24. The van der Waals surface area contributed by atoms with Crippen LogP contribution in [0.2, 0.25) is 0 Å². The van der Waals surface area contributed by atoms with Crippen LogP contribution in [0.5, 0.6) is 0 Å². The quantitative estimate of drug-likeness (QED) is 0.714. The summed E-state index contributed by atoms with van der Waals surface area (Å²) in [4.78, 5) is 10.5. The first-order valence-corrected chi connectivity index (χ1v) is 7.38. The minimum Gasteiger partial charge on any atom is -0.313 e. The molecule has 3 heteroatoms. The highest BCUT2D eigenvalue weighted by Gasteiger charge is 2.26. The van der Waals surface area contributed by atoms with Crippen LogP contribution in [0.4, 0.5) is 0 Å². The Labute approximate surface area is 112 Å². The van der Waals surface area contributed by atoms with Gasteiger partial charge in [0.1, 0.15) is 11.3 Å². The van der Waals surface area contributed by atoms with E-state index in [-0.39, 0.29) is 0 Å². The molecule has 2 rings (SSSR count). The Balaban J connectivity index is 0.000000289. The van der Waals surface area contributed by atoms with Crippen molar-refractivity contribution in [2.45, 2.75) is 83.6 Å². The maximum absolute atomic E-state index is 10.5. The molecule has 18 heavy (non-hydrogen) atoms. The molecule has 0 saturated heterocycles. The molecule has 2 aliphatic rings. The van der Waals surface area contributed by atoms with E-state index in [0.717, 1.165) is 51.4 Å². The molecule has 0 spiro atoms. The highest BCUT2D eigenvalue weighted by atomic mass is 16.1. The molecule has 0 atom stereocenters. The molecule has 2 fully saturated rings. The molecule has 0 heterocycles. The molecular formula is C15H28N2O. The van der Waals surface area contributed by atoms with Gasteiger partial charge in [-0.15, -0.1) is 0 Å². The van der Waals surface area contributed by atoms with Crippen LogP contribution in [0.15, 0.2) is 0 Å². The third-order valence-corrected chi connectivity index (χ3v) is 3.38. The summed E-state index contributed by atoms with van der Waals surface area (Å²) < 4.78 is 0. The van der Waals surface area contributed by atoms with Crippen molar-refractivity contribution in [3.05, 3.63) is 0 Å². The average molecular weight is 252 g/mol. The van der Waals surface area contributed by atoms with Crippen molar-refractivity contribution in [1.82, 2.24) is 0 Å². The fraction of sp³-hybridized carbons (Fsp3) is 0.867. The molecule has 0 amide bonds. The van der Waals surface area contributed by atoms with Crippen molar-refractivity contribution in [2.24, 2.45) is 5.73 Å². The van der Waals surface area contributed by atoms with Gasteiger partial charge in [-0.05, 0) is 25.7 Å². The smallest absolute Gasteiger partial charge is 0.132 e. The van der Waals surface area contributed by atoms with Crippen molar-refractivity contribution < 1.29 is 4.79 Å². The summed E-state index contributed by atoms with van der Waals surface area (Å²) in [7, 11) is 0. The fourth-order valence-corrected chi connectivity index (χ4v) is 2.24. The molecule has 104 valence electrons. The Morgan fingerprint density at radius 1 is 1.00 bits per heavy atom. The molecule has 0 aromatic heterocycles. The first kappa shape index (κ1) is 17.1. The van der Waals surface area contributed by atoms with Crippen LogP contribution in [-0.2, 0) is 4.79 Å². The number of carbonyl (C=O) groups excluding carboxylic acids is 1. The van der Waals surface area contributed by atoms with Crippen LogP contribution in [0.1, 0.15) is 78.1 Å². The van der Waals surface area contributed by atoms with E-state index in [9.17, 15) is 4.79 Å². The van der Waals surface area contributed by atoms with Crippen molar-refractivity contribution in [1.29, 1.82) is 5.26 Å². The van der Waals surface area contributed by atoms with E-state index in [1.54, 1.807) is 0 Å². The van der Waals surface area contributed by atoms with Crippen LogP contribution < -0.4 is 5.73 Å². The van der Waals surface area contributed by atoms with Crippen LogP contribution in [0.25, 0.3) is 0 Å². The molecule has 0 radical (unpaired) electrons. The lowest BCUT2D eigenvalue weighted by atomic mass is 9.84. The zero-order valence-electron chi connectivity index (χ0n) is 12.0. The molecule has 0 aromatic rings. The second kappa shape index (κ2) is 10.1. The molecule has 0 unspecified atom stereocenters. The number of nitrogens with two attached hydrogens (primary N) is 1. The Hall–Kier alpha value is -0.880. The second-order valence-electron chi connectivity index (χ2n) is 4.93. The molecule has 0 aromatic carbocycles. The van der Waals surface area contributed by atoms with Crippen molar-refractivity contribution in [3.63, 3.8) is 0 Å². The van der Waals surface area contributed by atoms with E-state index in [0.29, 0.717) is 5.78 Å². The molecule has 2 N–H and O–H groups in total. The summed E-state index contributed by atoms with van der Waals surface area (Å²) in [6, 6.07) is 2.16. The molecular weight excluding hydrogens is 224 g/mol. The first-order valence-electron chi connectivity index (χ1n) is 7.38. The third kappa shape index (κ3) is 7.45. The van der Waals surface area contributed by atoms with Crippen LogP contribution >= 0.6 is 0 Å². The van der Waals surface area contributed by atoms with Gasteiger partial charge in [0.15, 0.2) is 0 Å². The summed E-state index contributed by atoms with van der Waals surface area (Å²) in [6.07, 6.45) is 10.5. The van der Waals surface area contributed by atoms with E-state index in [1.807, 2.05) is 13.8 Å². The largest absolute Gasteiger partial charge is 0.313 e. The van der Waals surface area contributed by atoms with E-state index in [2.05, 4.69) is 6.07 Å². The predicted molar refractivity (Wildman–Crippen MR) is 75.1 cm³/mol. The van der Waals surface area contributed by atoms with Crippen molar-refractivity contribution in [3.8, 4) is 6.07 Å². The predicted octanol–water partition coefficient (Wildman–Crippen LogP) is 3.72. The number of ketones is 1. The van der Waals surface area contributed by atoms with E-state index < -0.39 is 5.54 Å². The van der Waals surface area contributed by atoms with Gasteiger partial charge in [0.05, 0.1) is 6.07 Å². The molecule has 3 nitrogen and oxygen atoms in total. The average Bonchev–Trinajstić information content (AvgIpc) is 2.43. The summed E-state index contributed by atoms with van der Waals surface area (Å²) in [6.45, 7) is 4.00. The van der Waals surface area contributed by atoms with Gasteiger partial charge in [0.25, 0.3) is 0 Å². The topological polar surface area (TPSA) is 66.9 Å². The van der Waals surface area contributed by atoms with Gasteiger partial charge in [-0.25, -0.2) is 0 Å². The van der Waals surface area contributed by atoms with Crippen LogP contribution in [-0.4, -0.2) is 11.3 Å². The summed E-state index contributed by atoms with van der Waals surface area (Å²) in [5.41, 5.74) is 5.22. The summed E-state index contributed by atoms with van der Waals surface area (Å²) >= 11 is 0. The maximum Gasteiger partial charge on any atom is 0.132 e. The third-order valence-electron chi connectivity index (χ3n) is 3.38. The summed E-state index contributed by atoms with van der Waals surface area (Å²) in [5.74, 6) is 0.464. The highest BCUT2D eigenvalue weighted by Crippen LogP contribution is 2.24. The lowest BCUT2D eigenvalue weighted by Crippen LogP contribution is -2.39. The number of hydrogen-bond acceptors (Lipinski definition) is 3. The lowest BCUT2D eigenvalue weighted by Gasteiger charge is -2.25. The number of rotatable bonds is 0. The molecule has 0 aliphatic heterocycles. The Bertz CT molecular complexity index is 254. The Morgan fingerprint density at radius 2 is 1.44 bits per heavy atom. The van der Waals surface area contributed by atoms with Gasteiger partial charge in [0.2, 0.25) is 0 Å². The van der Waals surface area contributed by atoms with E-state index in [1.165, 1.54) is 12.8 Å². The van der Waals surface area contributed by atoms with Gasteiger partial charge in [-0.3, -0.25) is 4.79 Å². The lowest BCUT2D eigenvalue weighted by molar-refractivity contribution is -0.120. The highest BCUT2D eigenvalue weighted by molar-refractivity contribution is 5.78. The Morgan fingerprint density at radius 3 is 1.72 bits per heavy atom. The number of hydrogen-bond donors (Lipinski definition) is 1. The monoisotopic (exact) mass is 252 g/mol. The van der Waals surface area contributed by atoms with E-state index in [4.69, 9.17) is 11.0 Å². The van der Waals surface area contributed by atoms with E-state index >= 15 is 0 Å². The molecule has 2 aliphatic carbocycles. The number of nitrogens with zero attached hydrogens (tertiary/aromatic N) is 1.